The van der Waals surface area contributed by atoms with Crippen LogP contribution in [0.1, 0.15) is 55.8 Å². The summed E-state index contributed by atoms with van der Waals surface area (Å²) < 4.78 is 0. The third kappa shape index (κ3) is 4.22. The van der Waals surface area contributed by atoms with Gasteiger partial charge in [0.1, 0.15) is 0 Å². The Morgan fingerprint density at radius 2 is 2.00 bits per heavy atom. The number of carbonyl (C=O) groups is 1. The van der Waals surface area contributed by atoms with Crippen molar-refractivity contribution in [3.05, 3.63) is 24.0 Å². The predicted octanol–water partition coefficient (Wildman–Crippen LogP) is 3.31. The van der Waals surface area contributed by atoms with E-state index in [0.29, 0.717) is 5.56 Å². The first-order chi connectivity index (χ1) is 9.81. The molecule has 1 amide bonds. The fourth-order valence-corrected chi connectivity index (χ4v) is 2.52. The fraction of sp³-hybridized carbons (Fsp3) is 0.625. The van der Waals surface area contributed by atoms with Crippen LogP contribution in [0.25, 0.3) is 0 Å². The van der Waals surface area contributed by atoms with Crippen LogP contribution in [0.5, 0.6) is 0 Å². The van der Waals surface area contributed by atoms with Crippen LogP contribution in [0.15, 0.2) is 18.5 Å². The molecule has 0 aliphatic carbocycles. The zero-order valence-electron chi connectivity index (χ0n) is 12.4. The molecule has 0 unspecified atom stereocenters. The average molecular weight is 275 g/mol. The lowest BCUT2D eigenvalue weighted by molar-refractivity contribution is 0.0761. The van der Waals surface area contributed by atoms with Gasteiger partial charge in [-0.2, -0.15) is 0 Å². The van der Waals surface area contributed by atoms with Gasteiger partial charge in [0, 0.05) is 32.0 Å². The highest BCUT2D eigenvalue weighted by Crippen LogP contribution is 2.15. The number of carbonyl (C=O) groups excluding carboxylic acids is 1. The van der Waals surface area contributed by atoms with Crippen molar-refractivity contribution in [1.29, 1.82) is 0 Å². The van der Waals surface area contributed by atoms with Crippen LogP contribution in [0.3, 0.4) is 0 Å². The van der Waals surface area contributed by atoms with Crippen LogP contribution in [0, 0.1) is 0 Å². The number of nitrogens with one attached hydrogen (secondary N) is 1. The number of nitrogens with zero attached hydrogens (tertiary/aromatic N) is 2. The van der Waals surface area contributed by atoms with Crippen LogP contribution in [-0.4, -0.2) is 35.4 Å². The van der Waals surface area contributed by atoms with E-state index in [-0.39, 0.29) is 5.91 Å². The lowest BCUT2D eigenvalue weighted by atomic mass is 10.2. The van der Waals surface area contributed by atoms with Crippen molar-refractivity contribution in [2.45, 2.75) is 45.4 Å². The number of unbranched alkanes of at least 4 members (excludes halogenated alkanes) is 1. The normalized spacial score (nSPS) is 15.8. The molecule has 0 atom stereocenters. The highest BCUT2D eigenvalue weighted by atomic mass is 16.2. The second-order valence-electron chi connectivity index (χ2n) is 5.45. The first kappa shape index (κ1) is 14.8. The standard InChI is InChI=1S/C16H25N3O/c1-2-3-8-18-15-11-14(12-17-13-15)16(20)19-9-6-4-5-7-10-19/h11-13,18H,2-10H2,1H3. The van der Waals surface area contributed by atoms with Gasteiger partial charge >= 0.3 is 0 Å². The molecule has 1 aliphatic rings. The highest BCUT2D eigenvalue weighted by molar-refractivity contribution is 5.94. The molecule has 1 aromatic heterocycles. The fourth-order valence-electron chi connectivity index (χ4n) is 2.52. The Balaban J connectivity index is 1.99. The summed E-state index contributed by atoms with van der Waals surface area (Å²) in [5, 5.41) is 3.32. The maximum absolute atomic E-state index is 12.5. The monoisotopic (exact) mass is 275 g/mol. The Morgan fingerprint density at radius 3 is 2.70 bits per heavy atom. The van der Waals surface area contributed by atoms with Crippen molar-refractivity contribution in [3.8, 4) is 0 Å². The summed E-state index contributed by atoms with van der Waals surface area (Å²) in [5.41, 5.74) is 1.65. The molecule has 1 saturated heterocycles. The summed E-state index contributed by atoms with van der Waals surface area (Å²) in [5.74, 6) is 0.124. The molecule has 110 valence electrons. The SMILES string of the molecule is CCCCNc1cncc(C(=O)N2CCCCCC2)c1. The molecule has 20 heavy (non-hydrogen) atoms. The Labute approximate surface area is 121 Å². The molecule has 0 saturated carbocycles. The number of rotatable bonds is 5. The summed E-state index contributed by atoms with van der Waals surface area (Å²) in [7, 11) is 0. The summed E-state index contributed by atoms with van der Waals surface area (Å²) >= 11 is 0. The molecule has 2 rings (SSSR count). The summed E-state index contributed by atoms with van der Waals surface area (Å²) in [4.78, 5) is 18.7. The van der Waals surface area contributed by atoms with E-state index >= 15 is 0 Å². The Bertz CT molecular complexity index is 425. The second-order valence-corrected chi connectivity index (χ2v) is 5.45. The molecule has 4 heteroatoms. The molecule has 1 aliphatic heterocycles. The molecule has 0 radical (unpaired) electrons. The minimum absolute atomic E-state index is 0.124. The molecular weight excluding hydrogens is 250 g/mol. The molecular formula is C16H25N3O. The van der Waals surface area contributed by atoms with Gasteiger partial charge in [-0.25, -0.2) is 0 Å². The number of aromatic nitrogens is 1. The minimum Gasteiger partial charge on any atom is -0.384 e. The first-order valence-electron chi connectivity index (χ1n) is 7.79. The van der Waals surface area contributed by atoms with Crippen molar-refractivity contribution in [3.63, 3.8) is 0 Å². The highest BCUT2D eigenvalue weighted by Gasteiger charge is 2.17. The van der Waals surface area contributed by atoms with Crippen molar-refractivity contribution in [2.75, 3.05) is 25.0 Å². The maximum Gasteiger partial charge on any atom is 0.255 e. The number of anilines is 1. The van der Waals surface area contributed by atoms with Gasteiger partial charge in [-0.3, -0.25) is 9.78 Å². The van der Waals surface area contributed by atoms with E-state index < -0.39 is 0 Å². The third-order valence-corrected chi connectivity index (χ3v) is 3.74. The number of amides is 1. The molecule has 2 heterocycles. The largest absolute Gasteiger partial charge is 0.384 e. The topological polar surface area (TPSA) is 45.2 Å². The van der Waals surface area contributed by atoms with Gasteiger partial charge in [-0.05, 0) is 25.3 Å². The van der Waals surface area contributed by atoms with Crippen LogP contribution in [0.4, 0.5) is 5.69 Å². The Morgan fingerprint density at radius 1 is 1.25 bits per heavy atom. The van der Waals surface area contributed by atoms with Crippen LogP contribution >= 0.6 is 0 Å². The van der Waals surface area contributed by atoms with Crippen LogP contribution in [0.2, 0.25) is 0 Å². The van der Waals surface area contributed by atoms with E-state index in [1.165, 1.54) is 12.8 Å². The average Bonchev–Trinajstić information content (AvgIpc) is 2.76. The van der Waals surface area contributed by atoms with Gasteiger partial charge in [-0.15, -0.1) is 0 Å². The number of likely N-dealkylation sites (tertiary alicyclic amines) is 1. The van der Waals surface area contributed by atoms with Crippen LogP contribution in [-0.2, 0) is 0 Å². The molecule has 0 bridgehead atoms. The molecule has 0 aromatic carbocycles. The van der Waals surface area contributed by atoms with Crippen molar-refractivity contribution >= 4 is 11.6 Å². The van der Waals surface area contributed by atoms with Gasteiger partial charge in [0.25, 0.3) is 5.91 Å². The minimum atomic E-state index is 0.124. The smallest absolute Gasteiger partial charge is 0.255 e. The molecule has 4 nitrogen and oxygen atoms in total. The van der Waals surface area contributed by atoms with E-state index in [1.807, 2.05) is 11.0 Å². The Kier molecular flexibility index (Phi) is 5.84. The van der Waals surface area contributed by atoms with Crippen LogP contribution < -0.4 is 5.32 Å². The predicted molar refractivity (Wildman–Crippen MR) is 82.0 cm³/mol. The van der Waals surface area contributed by atoms with Gasteiger partial charge < -0.3 is 10.2 Å². The summed E-state index contributed by atoms with van der Waals surface area (Å²) in [6, 6.07) is 1.93. The first-order valence-corrected chi connectivity index (χ1v) is 7.79. The van der Waals surface area contributed by atoms with Crippen molar-refractivity contribution < 1.29 is 4.79 Å². The third-order valence-electron chi connectivity index (χ3n) is 3.74. The Hall–Kier alpha value is -1.58. The molecule has 1 fully saturated rings. The summed E-state index contributed by atoms with van der Waals surface area (Å²) in [6.45, 7) is 4.86. The van der Waals surface area contributed by atoms with Crippen molar-refractivity contribution in [1.82, 2.24) is 9.88 Å². The van der Waals surface area contributed by atoms with Gasteiger partial charge in [0.15, 0.2) is 0 Å². The van der Waals surface area contributed by atoms with Gasteiger partial charge in [0.2, 0.25) is 0 Å². The van der Waals surface area contributed by atoms with E-state index in [2.05, 4.69) is 17.2 Å². The van der Waals surface area contributed by atoms with Crippen molar-refractivity contribution in [2.24, 2.45) is 0 Å². The van der Waals surface area contributed by atoms with E-state index in [4.69, 9.17) is 0 Å². The maximum atomic E-state index is 12.5. The second kappa shape index (κ2) is 7.88. The van der Waals surface area contributed by atoms with E-state index in [9.17, 15) is 4.79 Å². The van der Waals surface area contributed by atoms with Gasteiger partial charge in [0.05, 0.1) is 11.3 Å². The quantitative estimate of drug-likeness (QED) is 0.839. The zero-order valence-corrected chi connectivity index (χ0v) is 12.4. The zero-order chi connectivity index (χ0) is 14.2. The molecule has 0 spiro atoms. The molecule has 1 aromatic rings. The van der Waals surface area contributed by atoms with Gasteiger partial charge in [-0.1, -0.05) is 26.2 Å². The number of hydrogen-bond acceptors (Lipinski definition) is 3. The lowest BCUT2D eigenvalue weighted by Crippen LogP contribution is -2.31. The summed E-state index contributed by atoms with van der Waals surface area (Å²) in [6.07, 6.45) is 10.5. The lowest BCUT2D eigenvalue weighted by Gasteiger charge is -2.20. The number of pyridine rings is 1. The van der Waals surface area contributed by atoms with E-state index in [1.54, 1.807) is 12.4 Å². The molecule has 1 N–H and O–H groups in total. The number of hydrogen-bond donors (Lipinski definition) is 1. The van der Waals surface area contributed by atoms with E-state index in [0.717, 1.165) is 51.0 Å².